The minimum Gasteiger partial charge on any atom is -0.365 e. The second-order valence-corrected chi connectivity index (χ2v) is 7.31. The van der Waals surface area contributed by atoms with E-state index in [0.29, 0.717) is 28.8 Å². The number of hydrogen-bond donors (Lipinski definition) is 1. The number of thiophene rings is 1. The predicted octanol–water partition coefficient (Wildman–Crippen LogP) is 5.40. The zero-order valence-electron chi connectivity index (χ0n) is 13.9. The number of nitrogens with zero attached hydrogens (tertiary/aromatic N) is 3. The molecule has 8 heteroatoms. The molecule has 26 heavy (non-hydrogen) atoms. The number of rotatable bonds is 3. The monoisotopic (exact) mass is 390 g/mol. The number of pyridine rings is 1. The van der Waals surface area contributed by atoms with E-state index in [4.69, 9.17) is 11.6 Å². The normalized spacial score (nSPS) is 11.4. The Kier molecular flexibility index (Phi) is 4.20. The molecule has 0 aliphatic heterocycles. The largest absolute Gasteiger partial charge is 0.365 e. The molecule has 0 amide bonds. The Morgan fingerprint density at radius 3 is 2.69 bits per heavy atom. The number of halogens is 3. The molecule has 1 N–H and O–H groups in total. The third-order valence-electron chi connectivity index (χ3n) is 4.05. The van der Waals surface area contributed by atoms with Gasteiger partial charge in [-0.3, -0.25) is 0 Å². The molecule has 4 rings (SSSR count). The van der Waals surface area contributed by atoms with Crippen molar-refractivity contribution in [1.82, 2.24) is 15.0 Å². The van der Waals surface area contributed by atoms with Gasteiger partial charge in [-0.05, 0) is 31.5 Å². The van der Waals surface area contributed by atoms with Gasteiger partial charge in [-0.1, -0.05) is 17.7 Å². The van der Waals surface area contributed by atoms with Crippen LogP contribution in [0.25, 0.3) is 20.3 Å². The van der Waals surface area contributed by atoms with E-state index in [0.717, 1.165) is 32.1 Å². The molecule has 4 aromatic rings. The molecule has 0 radical (unpaired) electrons. The van der Waals surface area contributed by atoms with Crippen LogP contribution in [-0.2, 0) is 6.54 Å². The van der Waals surface area contributed by atoms with Crippen molar-refractivity contribution in [3.63, 3.8) is 0 Å². The standard InChI is InChI=1S/C18H13ClF2N4S/c1-8-14-15-11(19)7-23-17(16(15)26-18(14)25-9(2)24-8)22-6-10-3-4-12(20)13(21)5-10/h3-5,7H,6H2,1-2H3,(H,22,23). The van der Waals surface area contributed by atoms with Crippen molar-refractivity contribution in [3.05, 3.63) is 58.1 Å². The minimum absolute atomic E-state index is 0.304. The fraction of sp³-hybridized carbons (Fsp3) is 0.167. The molecule has 3 aromatic heterocycles. The van der Waals surface area contributed by atoms with Gasteiger partial charge in [0, 0.05) is 23.5 Å². The van der Waals surface area contributed by atoms with Crippen molar-refractivity contribution in [2.45, 2.75) is 20.4 Å². The number of aryl methyl sites for hydroxylation is 2. The van der Waals surface area contributed by atoms with Crippen molar-refractivity contribution in [3.8, 4) is 0 Å². The quantitative estimate of drug-likeness (QED) is 0.509. The van der Waals surface area contributed by atoms with Gasteiger partial charge in [0.05, 0.1) is 15.4 Å². The highest BCUT2D eigenvalue weighted by Crippen LogP contribution is 2.41. The summed E-state index contributed by atoms with van der Waals surface area (Å²) in [6.45, 7) is 4.08. The van der Waals surface area contributed by atoms with Crippen molar-refractivity contribution in [2.75, 3.05) is 5.32 Å². The maximum Gasteiger partial charge on any atom is 0.159 e. The first-order valence-corrected chi connectivity index (χ1v) is 9.03. The molecule has 0 saturated heterocycles. The molecule has 0 bridgehead atoms. The van der Waals surface area contributed by atoms with Crippen LogP contribution in [0.4, 0.5) is 14.6 Å². The van der Waals surface area contributed by atoms with Crippen molar-refractivity contribution < 1.29 is 8.78 Å². The van der Waals surface area contributed by atoms with Crippen molar-refractivity contribution in [2.24, 2.45) is 0 Å². The summed E-state index contributed by atoms with van der Waals surface area (Å²) in [5, 5.41) is 5.47. The average molecular weight is 391 g/mol. The molecule has 0 fully saturated rings. The van der Waals surface area contributed by atoms with Gasteiger partial charge >= 0.3 is 0 Å². The molecule has 1 aromatic carbocycles. The second-order valence-electron chi connectivity index (χ2n) is 5.90. The molecule has 0 atom stereocenters. The van der Waals surface area contributed by atoms with Gasteiger partial charge in [-0.15, -0.1) is 11.3 Å². The Labute approximate surface area is 156 Å². The van der Waals surface area contributed by atoms with E-state index < -0.39 is 11.6 Å². The number of hydrogen-bond acceptors (Lipinski definition) is 5. The lowest BCUT2D eigenvalue weighted by atomic mass is 10.2. The molecule has 3 heterocycles. The maximum atomic E-state index is 13.4. The Hall–Kier alpha value is -2.38. The van der Waals surface area contributed by atoms with Crippen molar-refractivity contribution in [1.29, 1.82) is 0 Å². The van der Waals surface area contributed by atoms with E-state index >= 15 is 0 Å². The zero-order chi connectivity index (χ0) is 18.4. The summed E-state index contributed by atoms with van der Waals surface area (Å²) < 4.78 is 27.3. The average Bonchev–Trinajstić information content (AvgIpc) is 2.97. The molecule has 0 saturated carbocycles. The van der Waals surface area contributed by atoms with Crippen LogP contribution in [0.2, 0.25) is 5.02 Å². The van der Waals surface area contributed by atoms with Crippen LogP contribution < -0.4 is 5.32 Å². The van der Waals surface area contributed by atoms with Crippen LogP contribution in [0.15, 0.2) is 24.4 Å². The van der Waals surface area contributed by atoms with Gasteiger partial charge in [-0.25, -0.2) is 23.7 Å². The van der Waals surface area contributed by atoms with E-state index in [1.54, 1.807) is 6.20 Å². The van der Waals surface area contributed by atoms with Gasteiger partial charge in [0.25, 0.3) is 0 Å². The lowest BCUT2D eigenvalue weighted by molar-refractivity contribution is 0.507. The molecule has 0 unspecified atom stereocenters. The summed E-state index contributed by atoms with van der Waals surface area (Å²) in [7, 11) is 0. The number of nitrogens with one attached hydrogen (secondary N) is 1. The van der Waals surface area contributed by atoms with Gasteiger partial charge in [0.2, 0.25) is 0 Å². The first-order valence-electron chi connectivity index (χ1n) is 7.84. The van der Waals surface area contributed by atoms with E-state index in [-0.39, 0.29) is 0 Å². The highest BCUT2D eigenvalue weighted by Gasteiger charge is 2.17. The Bertz CT molecular complexity index is 1160. The third kappa shape index (κ3) is 2.87. The van der Waals surface area contributed by atoms with Crippen LogP contribution in [0.1, 0.15) is 17.1 Å². The number of anilines is 1. The van der Waals surface area contributed by atoms with Gasteiger partial charge in [0.1, 0.15) is 16.5 Å². The van der Waals surface area contributed by atoms with E-state index in [1.165, 1.54) is 23.5 Å². The fourth-order valence-electron chi connectivity index (χ4n) is 2.90. The summed E-state index contributed by atoms with van der Waals surface area (Å²) in [5.41, 5.74) is 1.47. The summed E-state index contributed by atoms with van der Waals surface area (Å²) >= 11 is 7.86. The summed E-state index contributed by atoms with van der Waals surface area (Å²) in [6.07, 6.45) is 1.57. The molecule has 0 aliphatic carbocycles. The summed E-state index contributed by atoms with van der Waals surface area (Å²) in [5.74, 6) is -0.424. The highest BCUT2D eigenvalue weighted by molar-refractivity contribution is 7.26. The van der Waals surface area contributed by atoms with Gasteiger partial charge in [-0.2, -0.15) is 0 Å². The summed E-state index contributed by atoms with van der Waals surface area (Å²) in [4.78, 5) is 14.1. The molecule has 0 aliphatic rings. The molecular formula is C18H13ClF2N4S. The summed E-state index contributed by atoms with van der Waals surface area (Å²) in [6, 6.07) is 3.81. The lowest BCUT2D eigenvalue weighted by Crippen LogP contribution is -2.02. The van der Waals surface area contributed by atoms with E-state index in [9.17, 15) is 8.78 Å². The SMILES string of the molecule is Cc1nc(C)c2c(n1)sc1c(NCc3ccc(F)c(F)c3)ncc(Cl)c12. The maximum absolute atomic E-state index is 13.4. The third-order valence-corrected chi connectivity index (χ3v) is 5.43. The van der Waals surface area contributed by atoms with Gasteiger partial charge < -0.3 is 5.32 Å². The van der Waals surface area contributed by atoms with E-state index in [2.05, 4.69) is 20.3 Å². The predicted molar refractivity (Wildman–Crippen MR) is 101 cm³/mol. The van der Waals surface area contributed by atoms with Crippen LogP contribution in [0.3, 0.4) is 0 Å². The number of aromatic nitrogens is 3. The Balaban J connectivity index is 1.79. The Morgan fingerprint density at radius 1 is 1.12 bits per heavy atom. The minimum atomic E-state index is -0.873. The Morgan fingerprint density at radius 2 is 1.92 bits per heavy atom. The number of fused-ring (bicyclic) bond motifs is 3. The highest BCUT2D eigenvalue weighted by atomic mass is 35.5. The van der Waals surface area contributed by atoms with E-state index in [1.807, 2.05) is 13.8 Å². The van der Waals surface area contributed by atoms with Crippen LogP contribution >= 0.6 is 22.9 Å². The van der Waals surface area contributed by atoms with Crippen LogP contribution in [0, 0.1) is 25.5 Å². The molecular weight excluding hydrogens is 378 g/mol. The zero-order valence-corrected chi connectivity index (χ0v) is 15.5. The van der Waals surface area contributed by atoms with Gasteiger partial charge in [0.15, 0.2) is 11.6 Å². The van der Waals surface area contributed by atoms with Crippen molar-refractivity contribution >= 4 is 49.1 Å². The van der Waals surface area contributed by atoms with Crippen LogP contribution in [0.5, 0.6) is 0 Å². The molecule has 0 spiro atoms. The lowest BCUT2D eigenvalue weighted by Gasteiger charge is -2.08. The first kappa shape index (κ1) is 17.1. The first-order chi connectivity index (χ1) is 12.4. The number of benzene rings is 1. The van der Waals surface area contributed by atoms with Crippen LogP contribution in [-0.4, -0.2) is 15.0 Å². The molecule has 132 valence electrons. The fourth-order valence-corrected chi connectivity index (χ4v) is 4.46. The second kappa shape index (κ2) is 6.41. The smallest absolute Gasteiger partial charge is 0.159 e. The topological polar surface area (TPSA) is 50.7 Å². The molecule has 4 nitrogen and oxygen atoms in total.